The van der Waals surface area contributed by atoms with Gasteiger partial charge in [0.2, 0.25) is 5.91 Å². The predicted octanol–water partition coefficient (Wildman–Crippen LogP) is 2.60. The van der Waals surface area contributed by atoms with Crippen LogP contribution in [-0.2, 0) is 4.79 Å². The van der Waals surface area contributed by atoms with Gasteiger partial charge < -0.3 is 34.8 Å². The molecule has 11 heteroatoms. The Kier molecular flexibility index (Phi) is 7.40. The summed E-state index contributed by atoms with van der Waals surface area (Å²) in [5.41, 5.74) is 2.76. The van der Waals surface area contributed by atoms with Gasteiger partial charge in [0, 0.05) is 65.0 Å². The van der Waals surface area contributed by atoms with Crippen molar-refractivity contribution in [3.8, 4) is 11.6 Å². The number of hydrogen-bond acceptors (Lipinski definition) is 9. The van der Waals surface area contributed by atoms with Gasteiger partial charge in [-0.2, -0.15) is 0 Å². The molecule has 2 aliphatic heterocycles. The molecule has 0 spiro atoms. The van der Waals surface area contributed by atoms with Crippen LogP contribution >= 0.6 is 0 Å². The number of amides is 1. The van der Waals surface area contributed by atoms with Crippen molar-refractivity contribution in [3.63, 3.8) is 0 Å². The third-order valence-corrected chi connectivity index (χ3v) is 6.95. The van der Waals surface area contributed by atoms with Crippen molar-refractivity contribution in [2.24, 2.45) is 4.99 Å². The van der Waals surface area contributed by atoms with Crippen molar-refractivity contribution < 1.29 is 14.6 Å². The molecule has 1 amide bonds. The molecule has 4 heterocycles. The summed E-state index contributed by atoms with van der Waals surface area (Å²) in [5, 5.41) is 14.5. The molecule has 1 fully saturated rings. The van der Waals surface area contributed by atoms with Crippen LogP contribution in [0.5, 0.6) is 11.6 Å². The first-order valence-corrected chi connectivity index (χ1v) is 12.8. The molecule has 0 aliphatic carbocycles. The first-order valence-electron chi connectivity index (χ1n) is 12.8. The average molecular weight is 507 g/mol. The minimum Gasteiger partial charge on any atom is -0.494 e. The number of anilines is 2. The van der Waals surface area contributed by atoms with Crippen molar-refractivity contribution in [1.29, 1.82) is 0 Å². The first kappa shape index (κ1) is 24.8. The Bertz CT molecular complexity index is 1280. The number of hydrogen-bond donors (Lipinski definition) is 3. The lowest BCUT2D eigenvalue weighted by Crippen LogP contribution is -2.44. The quantitative estimate of drug-likeness (QED) is 0.460. The maximum Gasteiger partial charge on any atom is 0.222 e. The van der Waals surface area contributed by atoms with Gasteiger partial charge in [-0.3, -0.25) is 9.79 Å². The SMILES string of the molecule is CN1CCN(c2ccc3cc2OCCCCC(=O)N(C)CCNc2ncnc4[nH]c(O)c(c24)C=N3)CC1. The molecule has 0 atom stereocenters. The lowest BCUT2D eigenvalue weighted by Gasteiger charge is -2.35. The number of aromatic amines is 1. The van der Waals surface area contributed by atoms with Crippen LogP contribution in [-0.4, -0.2) is 102 Å². The number of nitrogens with one attached hydrogen (secondary N) is 2. The Morgan fingerprint density at radius 3 is 2.73 bits per heavy atom. The molecule has 11 nitrogen and oxygen atoms in total. The predicted molar refractivity (Wildman–Crippen MR) is 144 cm³/mol. The minimum atomic E-state index is -0.0328. The number of aromatic hydroxyl groups is 1. The summed E-state index contributed by atoms with van der Waals surface area (Å²) in [6.07, 6.45) is 5.08. The fraction of sp³-hybridized carbons (Fsp3) is 0.462. The normalized spacial score (nSPS) is 18.3. The molecule has 0 saturated carbocycles. The maximum absolute atomic E-state index is 12.6. The fourth-order valence-corrected chi connectivity index (χ4v) is 4.66. The van der Waals surface area contributed by atoms with Gasteiger partial charge >= 0.3 is 0 Å². The van der Waals surface area contributed by atoms with Gasteiger partial charge in [0.15, 0.2) is 5.88 Å². The molecule has 196 valence electrons. The molecule has 3 aromatic rings. The van der Waals surface area contributed by atoms with E-state index in [1.54, 1.807) is 11.1 Å². The molecule has 2 aliphatic rings. The van der Waals surface area contributed by atoms with E-state index in [-0.39, 0.29) is 11.8 Å². The number of piperazine rings is 1. The standard InChI is InChI=1S/C26H34N8O3/c1-32-10-12-34(13-11-32)20-7-6-18-15-21(20)37-14-4-3-5-22(35)33(2)9-8-27-24-23-19(16-28-18)26(36)31-25(23)30-17-29-24/h6-7,15-17,36H,3-5,8-14H2,1-2H3,(H2,27,29,30,31). The van der Waals surface area contributed by atoms with Crippen molar-refractivity contribution in [2.75, 3.05) is 70.2 Å². The van der Waals surface area contributed by atoms with E-state index in [0.29, 0.717) is 54.2 Å². The zero-order valence-corrected chi connectivity index (χ0v) is 21.4. The number of aliphatic imine (C=N–C) groups is 1. The maximum atomic E-state index is 12.6. The summed E-state index contributed by atoms with van der Waals surface area (Å²) >= 11 is 0. The lowest BCUT2D eigenvalue weighted by atomic mass is 10.2. The van der Waals surface area contributed by atoms with Gasteiger partial charge in [0.25, 0.3) is 0 Å². The molecule has 0 unspecified atom stereocenters. The number of carbonyl (C=O) groups is 1. The second-order valence-electron chi connectivity index (χ2n) is 9.58. The molecule has 1 saturated heterocycles. The summed E-state index contributed by atoms with van der Waals surface area (Å²) in [5.74, 6) is 1.41. The number of ether oxygens (including phenoxy) is 1. The highest BCUT2D eigenvalue weighted by Gasteiger charge is 2.19. The fourth-order valence-electron chi connectivity index (χ4n) is 4.66. The highest BCUT2D eigenvalue weighted by molar-refractivity contribution is 6.06. The van der Waals surface area contributed by atoms with Crippen LogP contribution < -0.4 is 15.0 Å². The molecule has 2 aromatic heterocycles. The molecule has 5 rings (SSSR count). The summed E-state index contributed by atoms with van der Waals surface area (Å²) in [7, 11) is 3.94. The van der Waals surface area contributed by atoms with Crippen molar-refractivity contribution in [2.45, 2.75) is 19.3 Å². The summed E-state index contributed by atoms with van der Waals surface area (Å²) in [6.45, 7) is 5.40. The third-order valence-electron chi connectivity index (χ3n) is 6.95. The second kappa shape index (κ2) is 11.0. The Labute approximate surface area is 216 Å². The van der Waals surface area contributed by atoms with E-state index in [9.17, 15) is 9.90 Å². The van der Waals surface area contributed by atoms with Gasteiger partial charge in [-0.05, 0) is 32.0 Å². The van der Waals surface area contributed by atoms with Crippen LogP contribution in [0.15, 0.2) is 29.5 Å². The number of fused-ring (bicyclic) bond motifs is 2. The Balaban J connectivity index is 1.50. The van der Waals surface area contributed by atoms with Crippen LogP contribution in [0, 0.1) is 0 Å². The highest BCUT2D eigenvalue weighted by atomic mass is 16.5. The number of H-pyrrole nitrogens is 1. The zero-order valence-electron chi connectivity index (χ0n) is 21.4. The molecular formula is C26H34N8O3. The van der Waals surface area contributed by atoms with Crippen molar-refractivity contribution >= 4 is 40.3 Å². The van der Waals surface area contributed by atoms with E-state index in [0.717, 1.165) is 50.5 Å². The molecule has 1 aromatic carbocycles. The number of benzene rings is 1. The lowest BCUT2D eigenvalue weighted by molar-refractivity contribution is -0.129. The summed E-state index contributed by atoms with van der Waals surface area (Å²) < 4.78 is 6.25. The van der Waals surface area contributed by atoms with E-state index in [4.69, 9.17) is 4.74 Å². The number of nitrogens with zero attached hydrogens (tertiary/aromatic N) is 6. The molecule has 3 N–H and O–H groups in total. The topological polar surface area (TPSA) is 122 Å². The average Bonchev–Trinajstić information content (AvgIpc) is 3.22. The molecule has 37 heavy (non-hydrogen) atoms. The van der Waals surface area contributed by atoms with Gasteiger partial charge in [-0.1, -0.05) is 0 Å². The van der Waals surface area contributed by atoms with E-state index in [1.165, 1.54) is 6.33 Å². The zero-order chi connectivity index (χ0) is 25.8. The second-order valence-corrected chi connectivity index (χ2v) is 9.58. The smallest absolute Gasteiger partial charge is 0.222 e. The number of carbonyl (C=O) groups excluding carboxylic acids is 1. The van der Waals surface area contributed by atoms with Crippen LogP contribution in [0.3, 0.4) is 0 Å². The van der Waals surface area contributed by atoms with Crippen molar-refractivity contribution in [3.05, 3.63) is 30.1 Å². The van der Waals surface area contributed by atoms with Crippen molar-refractivity contribution in [1.82, 2.24) is 24.8 Å². The minimum absolute atomic E-state index is 0.0328. The molecule has 2 bridgehead atoms. The highest BCUT2D eigenvalue weighted by Crippen LogP contribution is 2.34. The summed E-state index contributed by atoms with van der Waals surface area (Å²) in [4.78, 5) is 35.2. The first-order chi connectivity index (χ1) is 18.0. The summed E-state index contributed by atoms with van der Waals surface area (Å²) in [6, 6.07) is 5.95. The number of likely N-dealkylation sites (N-methyl/N-ethyl adjacent to an activating group) is 2. The Hall–Kier alpha value is -3.86. The molecular weight excluding hydrogens is 472 g/mol. The largest absolute Gasteiger partial charge is 0.494 e. The molecule has 0 radical (unpaired) electrons. The van der Waals surface area contributed by atoms with Crippen LogP contribution in [0.2, 0.25) is 0 Å². The van der Waals surface area contributed by atoms with E-state index < -0.39 is 0 Å². The number of aromatic nitrogens is 3. The van der Waals surface area contributed by atoms with Gasteiger partial charge in [0.1, 0.15) is 23.5 Å². The Morgan fingerprint density at radius 2 is 1.89 bits per heavy atom. The van der Waals surface area contributed by atoms with E-state index in [2.05, 4.69) is 48.2 Å². The van der Waals surface area contributed by atoms with E-state index in [1.807, 2.05) is 19.2 Å². The third kappa shape index (κ3) is 5.61. The van der Waals surface area contributed by atoms with Crippen LogP contribution in [0.25, 0.3) is 11.0 Å². The van der Waals surface area contributed by atoms with Crippen LogP contribution in [0.1, 0.15) is 24.8 Å². The van der Waals surface area contributed by atoms with Gasteiger partial charge in [0.05, 0.1) is 28.9 Å². The Morgan fingerprint density at radius 1 is 1.05 bits per heavy atom. The monoisotopic (exact) mass is 506 g/mol. The van der Waals surface area contributed by atoms with E-state index >= 15 is 0 Å². The van der Waals surface area contributed by atoms with Crippen LogP contribution in [0.4, 0.5) is 17.2 Å². The van der Waals surface area contributed by atoms with Gasteiger partial charge in [-0.25, -0.2) is 9.97 Å². The van der Waals surface area contributed by atoms with Gasteiger partial charge in [-0.15, -0.1) is 0 Å². The number of rotatable bonds is 1.